The topological polar surface area (TPSA) is 29.1 Å². The van der Waals surface area contributed by atoms with Crippen LogP contribution in [0.25, 0.3) is 6.08 Å². The van der Waals surface area contributed by atoms with Gasteiger partial charge in [-0.25, -0.2) is 4.39 Å². The standard InChI is InChI=1S/C17H22FNO/c1-3-13-7-5-8-15(18)16(13)14(12-20)11-19-17(4-2)9-6-10-17/h3,5,7-8,12,14,19H,1,4,6,9-11H2,2H3. The van der Waals surface area contributed by atoms with Crippen molar-refractivity contribution >= 4 is 12.4 Å². The van der Waals surface area contributed by atoms with E-state index in [1.165, 1.54) is 12.5 Å². The van der Waals surface area contributed by atoms with E-state index in [9.17, 15) is 9.18 Å². The molecule has 0 amide bonds. The molecule has 0 saturated heterocycles. The second-order valence-corrected chi connectivity index (χ2v) is 5.56. The lowest BCUT2D eigenvalue weighted by Gasteiger charge is -2.43. The number of benzene rings is 1. The van der Waals surface area contributed by atoms with Crippen molar-refractivity contribution < 1.29 is 9.18 Å². The predicted molar refractivity (Wildman–Crippen MR) is 80.2 cm³/mol. The molecular weight excluding hydrogens is 253 g/mol. The molecule has 1 fully saturated rings. The molecule has 1 unspecified atom stereocenters. The summed E-state index contributed by atoms with van der Waals surface area (Å²) in [5.74, 6) is -0.798. The summed E-state index contributed by atoms with van der Waals surface area (Å²) in [6.07, 6.45) is 6.99. The molecule has 2 rings (SSSR count). The van der Waals surface area contributed by atoms with Crippen molar-refractivity contribution in [2.45, 2.75) is 44.1 Å². The summed E-state index contributed by atoms with van der Waals surface area (Å²) in [6, 6.07) is 4.84. The van der Waals surface area contributed by atoms with Crippen LogP contribution >= 0.6 is 0 Å². The van der Waals surface area contributed by atoms with Gasteiger partial charge in [0.2, 0.25) is 0 Å². The van der Waals surface area contributed by atoms with Crippen LogP contribution in [0.3, 0.4) is 0 Å². The summed E-state index contributed by atoms with van der Waals surface area (Å²) in [4.78, 5) is 11.4. The number of aldehydes is 1. The molecule has 1 N–H and O–H groups in total. The van der Waals surface area contributed by atoms with Crippen LogP contribution < -0.4 is 5.32 Å². The highest BCUT2D eigenvalue weighted by Crippen LogP contribution is 2.35. The maximum absolute atomic E-state index is 14.0. The Hall–Kier alpha value is -1.48. The number of rotatable bonds is 7. The van der Waals surface area contributed by atoms with E-state index in [1.54, 1.807) is 18.2 Å². The molecule has 0 heterocycles. The zero-order valence-electron chi connectivity index (χ0n) is 12.0. The summed E-state index contributed by atoms with van der Waals surface area (Å²) in [5.41, 5.74) is 1.31. The number of carbonyl (C=O) groups excluding carboxylic acids is 1. The smallest absolute Gasteiger partial charge is 0.128 e. The molecule has 1 aromatic carbocycles. The van der Waals surface area contributed by atoms with Gasteiger partial charge < -0.3 is 10.1 Å². The summed E-state index contributed by atoms with van der Waals surface area (Å²) in [6.45, 7) is 6.34. The number of hydrogen-bond donors (Lipinski definition) is 1. The predicted octanol–water partition coefficient (Wildman–Crippen LogP) is 3.67. The first-order valence-corrected chi connectivity index (χ1v) is 7.27. The fourth-order valence-corrected chi connectivity index (χ4v) is 2.93. The number of hydrogen-bond acceptors (Lipinski definition) is 2. The van der Waals surface area contributed by atoms with Crippen LogP contribution in [0.15, 0.2) is 24.8 Å². The van der Waals surface area contributed by atoms with Crippen LogP contribution in [0.2, 0.25) is 0 Å². The van der Waals surface area contributed by atoms with E-state index in [-0.39, 0.29) is 11.4 Å². The molecule has 0 spiro atoms. The summed E-state index contributed by atoms with van der Waals surface area (Å²) in [7, 11) is 0. The second-order valence-electron chi connectivity index (χ2n) is 5.56. The number of halogens is 1. The Kier molecular flexibility index (Phi) is 4.71. The minimum absolute atomic E-state index is 0.154. The van der Waals surface area contributed by atoms with Crippen molar-refractivity contribution in [1.82, 2.24) is 5.32 Å². The van der Waals surface area contributed by atoms with E-state index in [2.05, 4.69) is 18.8 Å². The van der Waals surface area contributed by atoms with E-state index in [4.69, 9.17) is 0 Å². The van der Waals surface area contributed by atoms with Crippen molar-refractivity contribution in [2.24, 2.45) is 0 Å². The summed E-state index contributed by atoms with van der Waals surface area (Å²) < 4.78 is 14.0. The Morgan fingerprint density at radius 2 is 2.25 bits per heavy atom. The molecule has 20 heavy (non-hydrogen) atoms. The zero-order valence-corrected chi connectivity index (χ0v) is 12.0. The Bertz CT molecular complexity index is 488. The minimum Gasteiger partial charge on any atom is -0.310 e. The molecule has 1 aliphatic carbocycles. The van der Waals surface area contributed by atoms with E-state index < -0.39 is 5.92 Å². The highest BCUT2D eigenvalue weighted by Gasteiger charge is 2.35. The third kappa shape index (κ3) is 2.83. The Morgan fingerprint density at radius 1 is 1.50 bits per heavy atom. The molecule has 0 bridgehead atoms. The zero-order chi connectivity index (χ0) is 14.6. The fourth-order valence-electron chi connectivity index (χ4n) is 2.93. The highest BCUT2D eigenvalue weighted by atomic mass is 19.1. The van der Waals surface area contributed by atoms with Gasteiger partial charge in [-0.1, -0.05) is 31.7 Å². The molecule has 108 valence electrons. The average Bonchev–Trinajstić information content (AvgIpc) is 2.43. The van der Waals surface area contributed by atoms with Crippen LogP contribution in [0.1, 0.15) is 49.7 Å². The molecule has 1 saturated carbocycles. The van der Waals surface area contributed by atoms with Crippen molar-refractivity contribution in [1.29, 1.82) is 0 Å². The Balaban J connectivity index is 2.16. The van der Waals surface area contributed by atoms with Crippen LogP contribution in [-0.2, 0) is 4.79 Å². The van der Waals surface area contributed by atoms with E-state index >= 15 is 0 Å². The van der Waals surface area contributed by atoms with Crippen molar-refractivity contribution in [3.63, 3.8) is 0 Å². The van der Waals surface area contributed by atoms with Crippen LogP contribution in [0.4, 0.5) is 4.39 Å². The molecule has 0 aromatic heterocycles. The maximum atomic E-state index is 14.0. The first-order chi connectivity index (χ1) is 9.65. The van der Waals surface area contributed by atoms with E-state index in [0.29, 0.717) is 17.7 Å². The molecule has 3 heteroatoms. The van der Waals surface area contributed by atoms with Gasteiger partial charge in [-0.05, 0) is 37.3 Å². The lowest BCUT2D eigenvalue weighted by molar-refractivity contribution is -0.109. The Morgan fingerprint density at radius 3 is 2.75 bits per heavy atom. The molecule has 1 aromatic rings. The van der Waals surface area contributed by atoms with Gasteiger partial charge in [-0.15, -0.1) is 0 Å². The van der Waals surface area contributed by atoms with Gasteiger partial charge in [0.25, 0.3) is 0 Å². The number of nitrogens with one attached hydrogen (secondary N) is 1. The van der Waals surface area contributed by atoms with Gasteiger partial charge in [0.15, 0.2) is 0 Å². The van der Waals surface area contributed by atoms with Gasteiger partial charge in [0.1, 0.15) is 12.1 Å². The quantitative estimate of drug-likeness (QED) is 0.769. The molecule has 0 radical (unpaired) electrons. The molecule has 0 aliphatic heterocycles. The maximum Gasteiger partial charge on any atom is 0.128 e. The summed E-state index contributed by atoms with van der Waals surface area (Å²) >= 11 is 0. The lowest BCUT2D eigenvalue weighted by atomic mass is 9.74. The van der Waals surface area contributed by atoms with Crippen LogP contribution in [-0.4, -0.2) is 18.4 Å². The van der Waals surface area contributed by atoms with Crippen molar-refractivity contribution in [3.05, 3.63) is 41.7 Å². The van der Waals surface area contributed by atoms with Gasteiger partial charge in [-0.3, -0.25) is 0 Å². The van der Waals surface area contributed by atoms with Gasteiger partial charge >= 0.3 is 0 Å². The Labute approximate surface area is 120 Å². The van der Waals surface area contributed by atoms with Crippen LogP contribution in [0.5, 0.6) is 0 Å². The lowest BCUT2D eigenvalue weighted by Crippen LogP contribution is -2.51. The first kappa shape index (κ1) is 14.9. The molecule has 1 aliphatic rings. The third-order valence-electron chi connectivity index (χ3n) is 4.53. The third-order valence-corrected chi connectivity index (χ3v) is 4.53. The number of carbonyl (C=O) groups is 1. The molecular formula is C17H22FNO. The van der Waals surface area contributed by atoms with Gasteiger partial charge in [-0.2, -0.15) is 0 Å². The normalized spacial score (nSPS) is 18.1. The van der Waals surface area contributed by atoms with Crippen molar-refractivity contribution in [3.8, 4) is 0 Å². The largest absolute Gasteiger partial charge is 0.310 e. The average molecular weight is 275 g/mol. The summed E-state index contributed by atoms with van der Waals surface area (Å²) in [5, 5.41) is 3.48. The fraction of sp³-hybridized carbons (Fsp3) is 0.471. The van der Waals surface area contributed by atoms with Crippen molar-refractivity contribution in [2.75, 3.05) is 6.54 Å². The SMILES string of the molecule is C=Cc1cccc(F)c1C(C=O)CNC1(CC)CCC1. The van der Waals surface area contributed by atoms with Gasteiger partial charge in [0, 0.05) is 17.6 Å². The van der Waals surface area contributed by atoms with E-state index in [0.717, 1.165) is 25.5 Å². The first-order valence-electron chi connectivity index (χ1n) is 7.27. The second kappa shape index (κ2) is 6.31. The molecule has 1 atom stereocenters. The van der Waals surface area contributed by atoms with Crippen LogP contribution in [0, 0.1) is 5.82 Å². The van der Waals surface area contributed by atoms with Gasteiger partial charge in [0.05, 0.1) is 5.92 Å². The monoisotopic (exact) mass is 275 g/mol. The van der Waals surface area contributed by atoms with E-state index in [1.807, 2.05) is 0 Å². The minimum atomic E-state index is -0.465. The highest BCUT2D eigenvalue weighted by molar-refractivity contribution is 5.67. The molecule has 2 nitrogen and oxygen atoms in total.